The molecular formula is C28H25N3O4S. The van der Waals surface area contributed by atoms with Crippen LogP contribution in [0.15, 0.2) is 96.2 Å². The molecule has 7 nitrogen and oxygen atoms in total. The average molecular weight is 500 g/mol. The minimum absolute atomic E-state index is 0.165. The summed E-state index contributed by atoms with van der Waals surface area (Å²) in [5.74, 6) is 0.472. The number of nitrogens with zero attached hydrogens (tertiary/aromatic N) is 1. The Bertz CT molecular complexity index is 1330. The van der Waals surface area contributed by atoms with Crippen LogP contribution in [0.25, 0.3) is 0 Å². The van der Waals surface area contributed by atoms with Gasteiger partial charge in [-0.1, -0.05) is 29.8 Å². The Morgan fingerprint density at radius 3 is 2.28 bits per heavy atom. The van der Waals surface area contributed by atoms with Crippen molar-refractivity contribution in [1.29, 1.82) is 0 Å². The first-order chi connectivity index (χ1) is 17.5. The Labute approximate surface area is 214 Å². The SMILES string of the molecule is COC(=O)c1cc(Oc2ccc(CNC(=O)c3ccncc3)cc2)ccc1NSc1ccc(C)cc1. The molecule has 0 saturated heterocycles. The predicted molar refractivity (Wildman–Crippen MR) is 140 cm³/mol. The molecule has 4 aromatic rings. The zero-order chi connectivity index (χ0) is 25.3. The minimum Gasteiger partial charge on any atom is -0.465 e. The number of aryl methyl sites for hydroxylation is 1. The van der Waals surface area contributed by atoms with Gasteiger partial charge in [-0.15, -0.1) is 0 Å². The molecule has 0 aliphatic carbocycles. The molecular weight excluding hydrogens is 474 g/mol. The van der Waals surface area contributed by atoms with E-state index in [-0.39, 0.29) is 5.91 Å². The first-order valence-electron chi connectivity index (χ1n) is 11.2. The first-order valence-corrected chi connectivity index (χ1v) is 12.0. The standard InChI is InChI=1S/C28H25N3O4S/c1-19-3-10-24(11-4-19)36-31-26-12-9-23(17-25(26)28(33)34-2)35-22-7-5-20(6-8-22)18-30-27(32)21-13-15-29-16-14-21/h3-17,31H,18H2,1-2H3,(H,30,32). The maximum absolute atomic E-state index is 12.4. The molecule has 0 spiro atoms. The van der Waals surface area contributed by atoms with Gasteiger partial charge >= 0.3 is 5.97 Å². The van der Waals surface area contributed by atoms with E-state index in [0.717, 1.165) is 10.5 Å². The van der Waals surface area contributed by atoms with Crippen molar-refractivity contribution in [2.75, 3.05) is 11.8 Å². The third-order valence-electron chi connectivity index (χ3n) is 5.25. The van der Waals surface area contributed by atoms with Crippen molar-refractivity contribution >= 4 is 29.5 Å². The lowest BCUT2D eigenvalue weighted by Crippen LogP contribution is -2.22. The van der Waals surface area contributed by atoms with Gasteiger partial charge in [0.2, 0.25) is 0 Å². The number of esters is 1. The Kier molecular flexibility index (Phi) is 8.20. The van der Waals surface area contributed by atoms with Crippen molar-refractivity contribution in [3.05, 3.63) is 114 Å². The van der Waals surface area contributed by atoms with E-state index in [0.29, 0.717) is 34.9 Å². The number of carbonyl (C=O) groups is 2. The number of nitrogens with one attached hydrogen (secondary N) is 2. The van der Waals surface area contributed by atoms with Crippen LogP contribution < -0.4 is 14.8 Å². The number of anilines is 1. The molecule has 182 valence electrons. The molecule has 4 rings (SSSR count). The minimum atomic E-state index is -0.465. The van der Waals surface area contributed by atoms with Crippen LogP contribution in [-0.2, 0) is 11.3 Å². The fourth-order valence-electron chi connectivity index (χ4n) is 3.27. The van der Waals surface area contributed by atoms with Gasteiger partial charge in [0.1, 0.15) is 11.5 Å². The highest BCUT2D eigenvalue weighted by Crippen LogP contribution is 2.30. The van der Waals surface area contributed by atoms with E-state index in [4.69, 9.17) is 9.47 Å². The molecule has 0 bridgehead atoms. The molecule has 0 aliphatic rings. The molecule has 8 heteroatoms. The molecule has 2 N–H and O–H groups in total. The predicted octanol–water partition coefficient (Wildman–Crippen LogP) is 6.02. The number of amides is 1. The summed E-state index contributed by atoms with van der Waals surface area (Å²) in [7, 11) is 1.35. The van der Waals surface area contributed by atoms with E-state index in [9.17, 15) is 9.59 Å². The number of benzene rings is 3. The highest BCUT2D eigenvalue weighted by molar-refractivity contribution is 8.00. The third-order valence-corrected chi connectivity index (χ3v) is 6.08. The summed E-state index contributed by atoms with van der Waals surface area (Å²) in [4.78, 5) is 29.5. The monoisotopic (exact) mass is 499 g/mol. The lowest BCUT2D eigenvalue weighted by molar-refractivity contribution is 0.0601. The average Bonchev–Trinajstić information content (AvgIpc) is 2.92. The number of hydrogen-bond acceptors (Lipinski definition) is 7. The summed E-state index contributed by atoms with van der Waals surface area (Å²) >= 11 is 1.41. The maximum atomic E-state index is 12.4. The molecule has 1 amide bonds. The van der Waals surface area contributed by atoms with E-state index in [1.807, 2.05) is 55.5 Å². The summed E-state index contributed by atoms with van der Waals surface area (Å²) in [6.07, 6.45) is 3.16. The van der Waals surface area contributed by atoms with Gasteiger partial charge in [0.25, 0.3) is 5.91 Å². The van der Waals surface area contributed by atoms with Crippen LogP contribution in [0.3, 0.4) is 0 Å². The van der Waals surface area contributed by atoms with Gasteiger partial charge in [0.05, 0.1) is 18.4 Å². The maximum Gasteiger partial charge on any atom is 0.340 e. The van der Waals surface area contributed by atoms with Crippen LogP contribution >= 0.6 is 11.9 Å². The van der Waals surface area contributed by atoms with Crippen molar-refractivity contribution < 1.29 is 19.1 Å². The molecule has 0 radical (unpaired) electrons. The molecule has 0 aliphatic heterocycles. The van der Waals surface area contributed by atoms with Crippen LogP contribution in [0.2, 0.25) is 0 Å². The van der Waals surface area contributed by atoms with E-state index < -0.39 is 5.97 Å². The molecule has 1 heterocycles. The molecule has 3 aromatic carbocycles. The van der Waals surface area contributed by atoms with Crippen LogP contribution in [0.5, 0.6) is 11.5 Å². The molecule has 1 aromatic heterocycles. The van der Waals surface area contributed by atoms with E-state index in [1.165, 1.54) is 24.6 Å². The number of aromatic nitrogens is 1. The van der Waals surface area contributed by atoms with E-state index in [1.54, 1.807) is 42.7 Å². The van der Waals surface area contributed by atoms with Crippen LogP contribution in [0.1, 0.15) is 31.8 Å². The topological polar surface area (TPSA) is 89.5 Å². The second-order valence-electron chi connectivity index (χ2n) is 7.88. The number of pyridine rings is 1. The highest BCUT2D eigenvalue weighted by atomic mass is 32.2. The van der Waals surface area contributed by atoms with Crippen LogP contribution in [0.4, 0.5) is 5.69 Å². The van der Waals surface area contributed by atoms with E-state index in [2.05, 4.69) is 15.0 Å². The number of rotatable bonds is 9. The van der Waals surface area contributed by atoms with Gasteiger partial charge in [-0.25, -0.2) is 4.79 Å². The highest BCUT2D eigenvalue weighted by Gasteiger charge is 2.14. The summed E-state index contributed by atoms with van der Waals surface area (Å²) in [5, 5.41) is 2.88. The first kappa shape index (κ1) is 24.8. The molecule has 0 unspecified atom stereocenters. The largest absolute Gasteiger partial charge is 0.465 e. The van der Waals surface area contributed by atoms with Gasteiger partial charge in [0, 0.05) is 29.4 Å². The Balaban J connectivity index is 1.39. The van der Waals surface area contributed by atoms with Gasteiger partial charge in [-0.05, 0) is 79.0 Å². The summed E-state index contributed by atoms with van der Waals surface area (Å²) < 4.78 is 14.1. The Morgan fingerprint density at radius 1 is 0.889 bits per heavy atom. The van der Waals surface area contributed by atoms with Crippen LogP contribution in [-0.4, -0.2) is 24.0 Å². The lowest BCUT2D eigenvalue weighted by atomic mass is 10.1. The second-order valence-corrected chi connectivity index (χ2v) is 8.76. The van der Waals surface area contributed by atoms with Crippen LogP contribution in [0, 0.1) is 6.92 Å². The molecule has 0 fully saturated rings. The van der Waals surface area contributed by atoms with Crippen molar-refractivity contribution in [3.8, 4) is 11.5 Å². The Morgan fingerprint density at radius 2 is 1.58 bits per heavy atom. The van der Waals surface area contributed by atoms with Gasteiger partial charge in [-0.2, -0.15) is 0 Å². The smallest absolute Gasteiger partial charge is 0.340 e. The van der Waals surface area contributed by atoms with E-state index >= 15 is 0 Å². The Hall–Kier alpha value is -4.30. The van der Waals surface area contributed by atoms with Crippen molar-refractivity contribution in [2.45, 2.75) is 18.4 Å². The quantitative estimate of drug-likeness (QED) is 0.215. The number of carbonyl (C=O) groups excluding carboxylic acids is 2. The summed E-state index contributed by atoms with van der Waals surface area (Å²) in [5.41, 5.74) is 3.65. The number of methoxy groups -OCH3 is 1. The zero-order valence-electron chi connectivity index (χ0n) is 19.9. The second kappa shape index (κ2) is 11.9. The summed E-state index contributed by atoms with van der Waals surface area (Å²) in [6, 6.07) is 24.0. The fourth-order valence-corrected chi connectivity index (χ4v) is 3.95. The fraction of sp³-hybridized carbons (Fsp3) is 0.107. The number of ether oxygens (including phenoxy) is 2. The van der Waals surface area contributed by atoms with Crippen molar-refractivity contribution in [2.24, 2.45) is 0 Å². The number of hydrogen-bond donors (Lipinski definition) is 2. The third kappa shape index (κ3) is 6.64. The normalized spacial score (nSPS) is 10.4. The zero-order valence-corrected chi connectivity index (χ0v) is 20.7. The molecule has 0 atom stereocenters. The van der Waals surface area contributed by atoms with Gasteiger partial charge in [-0.3, -0.25) is 9.78 Å². The van der Waals surface area contributed by atoms with Gasteiger partial charge in [0.15, 0.2) is 0 Å². The van der Waals surface area contributed by atoms with Crippen molar-refractivity contribution in [1.82, 2.24) is 10.3 Å². The lowest BCUT2D eigenvalue weighted by Gasteiger charge is -2.13. The molecule has 36 heavy (non-hydrogen) atoms. The van der Waals surface area contributed by atoms with Gasteiger partial charge < -0.3 is 19.5 Å². The molecule has 0 saturated carbocycles. The van der Waals surface area contributed by atoms with Crippen molar-refractivity contribution in [3.63, 3.8) is 0 Å². The summed E-state index contributed by atoms with van der Waals surface area (Å²) in [6.45, 7) is 2.42.